The van der Waals surface area contributed by atoms with Crippen LogP contribution in [-0.2, 0) is 0 Å². The Morgan fingerprint density at radius 1 is 0.875 bits per heavy atom. The first kappa shape index (κ1) is 19.8. The highest BCUT2D eigenvalue weighted by Gasteiger charge is 2.42. The highest BCUT2D eigenvalue weighted by atomic mass is 14.5. The number of nitrogens with zero attached hydrogens (tertiary/aromatic N) is 1. The molecule has 0 aromatic carbocycles. The maximum Gasteiger partial charge on any atom is 0.0689 e. The second kappa shape index (κ2) is 10.5. The van der Waals surface area contributed by atoms with Crippen molar-refractivity contribution in [1.82, 2.24) is 0 Å². The van der Waals surface area contributed by atoms with E-state index in [4.69, 9.17) is 0 Å². The smallest absolute Gasteiger partial charge is 0.0689 e. The van der Waals surface area contributed by atoms with Crippen molar-refractivity contribution in [3.05, 3.63) is 0 Å². The molecule has 0 heterocycles. The second-order valence-corrected chi connectivity index (χ2v) is 8.99. The largest absolute Gasteiger partial charge is 0.198 e. The van der Waals surface area contributed by atoms with Crippen LogP contribution in [0, 0.1) is 34.5 Å². The van der Waals surface area contributed by atoms with Crippen molar-refractivity contribution in [2.45, 2.75) is 117 Å². The summed E-state index contributed by atoms with van der Waals surface area (Å²) in [5, 5.41) is 9.86. The molecule has 0 spiro atoms. The van der Waals surface area contributed by atoms with E-state index in [1.807, 2.05) is 0 Å². The molecule has 24 heavy (non-hydrogen) atoms. The van der Waals surface area contributed by atoms with Gasteiger partial charge in [0.25, 0.3) is 0 Å². The van der Waals surface area contributed by atoms with Crippen LogP contribution >= 0.6 is 0 Å². The molecule has 0 radical (unpaired) electrons. The molecule has 0 amide bonds. The first-order valence-corrected chi connectivity index (χ1v) is 11.1. The topological polar surface area (TPSA) is 23.8 Å². The highest BCUT2D eigenvalue weighted by molar-refractivity contribution is 5.04. The third-order valence-electron chi connectivity index (χ3n) is 7.11. The third-order valence-corrected chi connectivity index (χ3v) is 7.11. The van der Waals surface area contributed by atoms with E-state index in [1.165, 1.54) is 103 Å². The predicted molar refractivity (Wildman–Crippen MR) is 104 cm³/mol. The van der Waals surface area contributed by atoms with Gasteiger partial charge in [-0.15, -0.1) is 0 Å². The molecule has 2 aliphatic carbocycles. The molecule has 0 aromatic rings. The van der Waals surface area contributed by atoms with Gasteiger partial charge in [0.1, 0.15) is 0 Å². The van der Waals surface area contributed by atoms with E-state index in [0.29, 0.717) is 0 Å². The van der Waals surface area contributed by atoms with Crippen LogP contribution in [0.1, 0.15) is 117 Å². The lowest BCUT2D eigenvalue weighted by atomic mass is 9.58. The Morgan fingerprint density at radius 3 is 2.33 bits per heavy atom. The van der Waals surface area contributed by atoms with Crippen molar-refractivity contribution in [2.24, 2.45) is 23.2 Å². The van der Waals surface area contributed by atoms with E-state index in [-0.39, 0.29) is 5.41 Å². The minimum atomic E-state index is 0.0445. The number of rotatable bonds is 10. The molecular weight excluding hydrogens is 290 g/mol. The van der Waals surface area contributed by atoms with Crippen LogP contribution in [0.3, 0.4) is 0 Å². The van der Waals surface area contributed by atoms with Gasteiger partial charge in [0.2, 0.25) is 0 Å². The SMILES string of the molecule is CCCCCCC1CCC2CC(C#N)(CCCCCC)CCC2C1. The Kier molecular flexibility index (Phi) is 8.65. The summed E-state index contributed by atoms with van der Waals surface area (Å²) in [6.45, 7) is 4.57. The van der Waals surface area contributed by atoms with Gasteiger partial charge in [-0.05, 0) is 56.3 Å². The minimum Gasteiger partial charge on any atom is -0.198 e. The molecule has 4 unspecified atom stereocenters. The van der Waals surface area contributed by atoms with E-state index in [9.17, 15) is 5.26 Å². The van der Waals surface area contributed by atoms with Crippen molar-refractivity contribution in [1.29, 1.82) is 5.26 Å². The average molecular weight is 332 g/mol. The fourth-order valence-corrected chi connectivity index (χ4v) is 5.51. The first-order chi connectivity index (χ1) is 11.7. The number of nitriles is 1. The zero-order chi connectivity index (χ0) is 17.3. The Labute approximate surface area is 151 Å². The normalized spacial score (nSPS) is 33.0. The average Bonchev–Trinajstić information content (AvgIpc) is 2.62. The van der Waals surface area contributed by atoms with Crippen molar-refractivity contribution in [3.8, 4) is 6.07 Å². The van der Waals surface area contributed by atoms with Crippen LogP contribution < -0.4 is 0 Å². The lowest BCUT2D eigenvalue weighted by Gasteiger charge is -2.45. The third kappa shape index (κ3) is 5.79. The van der Waals surface area contributed by atoms with Gasteiger partial charge < -0.3 is 0 Å². The molecule has 2 saturated carbocycles. The van der Waals surface area contributed by atoms with Gasteiger partial charge in [-0.25, -0.2) is 0 Å². The van der Waals surface area contributed by atoms with E-state index in [0.717, 1.165) is 17.8 Å². The van der Waals surface area contributed by atoms with E-state index >= 15 is 0 Å². The molecule has 0 bridgehead atoms. The number of fused-ring (bicyclic) bond motifs is 1. The maximum absolute atomic E-state index is 9.86. The fraction of sp³-hybridized carbons (Fsp3) is 0.957. The Hall–Kier alpha value is -0.510. The molecule has 0 N–H and O–H groups in total. The van der Waals surface area contributed by atoms with E-state index in [2.05, 4.69) is 19.9 Å². The Balaban J connectivity index is 1.75. The van der Waals surface area contributed by atoms with Crippen molar-refractivity contribution in [2.75, 3.05) is 0 Å². The van der Waals surface area contributed by atoms with Gasteiger partial charge in [-0.2, -0.15) is 5.26 Å². The molecule has 0 aliphatic heterocycles. The minimum absolute atomic E-state index is 0.0445. The quantitative estimate of drug-likeness (QED) is 0.377. The van der Waals surface area contributed by atoms with Crippen LogP contribution in [0.5, 0.6) is 0 Å². The van der Waals surface area contributed by atoms with Crippen LogP contribution in [0.25, 0.3) is 0 Å². The molecule has 0 aromatic heterocycles. The molecule has 0 saturated heterocycles. The van der Waals surface area contributed by atoms with E-state index in [1.54, 1.807) is 0 Å². The summed E-state index contributed by atoms with van der Waals surface area (Å²) in [5.41, 5.74) is 0.0445. The van der Waals surface area contributed by atoms with Crippen molar-refractivity contribution < 1.29 is 0 Å². The van der Waals surface area contributed by atoms with Gasteiger partial charge in [-0.3, -0.25) is 0 Å². The lowest BCUT2D eigenvalue weighted by molar-refractivity contribution is 0.0615. The summed E-state index contributed by atoms with van der Waals surface area (Å²) in [7, 11) is 0. The summed E-state index contributed by atoms with van der Waals surface area (Å²) >= 11 is 0. The van der Waals surface area contributed by atoms with Gasteiger partial charge in [-0.1, -0.05) is 78.1 Å². The summed E-state index contributed by atoms with van der Waals surface area (Å²) in [6, 6.07) is 2.79. The van der Waals surface area contributed by atoms with Crippen LogP contribution in [0.2, 0.25) is 0 Å². The molecule has 138 valence electrons. The Bertz CT molecular complexity index is 382. The van der Waals surface area contributed by atoms with Gasteiger partial charge in [0.05, 0.1) is 11.5 Å². The van der Waals surface area contributed by atoms with Crippen molar-refractivity contribution >= 4 is 0 Å². The predicted octanol–water partition coefficient (Wildman–Crippen LogP) is 7.65. The second-order valence-electron chi connectivity index (χ2n) is 8.99. The van der Waals surface area contributed by atoms with Crippen LogP contribution in [0.15, 0.2) is 0 Å². The van der Waals surface area contributed by atoms with Gasteiger partial charge >= 0.3 is 0 Å². The molecule has 4 atom stereocenters. The molecule has 1 nitrogen and oxygen atoms in total. The molecule has 1 heteroatoms. The molecule has 2 fully saturated rings. The zero-order valence-corrected chi connectivity index (χ0v) is 16.5. The number of hydrogen-bond acceptors (Lipinski definition) is 1. The zero-order valence-electron chi connectivity index (χ0n) is 16.5. The lowest BCUT2D eigenvalue weighted by Crippen LogP contribution is -2.36. The van der Waals surface area contributed by atoms with Gasteiger partial charge in [0, 0.05) is 0 Å². The first-order valence-electron chi connectivity index (χ1n) is 11.1. The van der Waals surface area contributed by atoms with E-state index < -0.39 is 0 Å². The molecule has 2 rings (SSSR count). The van der Waals surface area contributed by atoms with Crippen LogP contribution in [-0.4, -0.2) is 0 Å². The summed E-state index contributed by atoms with van der Waals surface area (Å²) < 4.78 is 0. The number of unbranched alkanes of at least 4 members (excludes halogenated alkanes) is 6. The maximum atomic E-state index is 9.86. The monoisotopic (exact) mass is 331 g/mol. The summed E-state index contributed by atoms with van der Waals surface area (Å²) in [4.78, 5) is 0. The number of hydrogen-bond donors (Lipinski definition) is 0. The highest BCUT2D eigenvalue weighted by Crippen LogP contribution is 2.51. The Morgan fingerprint density at radius 2 is 1.62 bits per heavy atom. The van der Waals surface area contributed by atoms with Gasteiger partial charge in [0.15, 0.2) is 0 Å². The molecular formula is C23H41N. The summed E-state index contributed by atoms with van der Waals surface area (Å²) in [5.74, 6) is 2.82. The fourth-order valence-electron chi connectivity index (χ4n) is 5.51. The van der Waals surface area contributed by atoms with Crippen LogP contribution in [0.4, 0.5) is 0 Å². The standard InChI is InChI=1S/C23H41N/c1-3-5-7-9-11-20-12-13-22-18-23(19-24,15-10-8-6-4-2)16-14-21(22)17-20/h20-22H,3-18H2,1-2H3. The summed E-state index contributed by atoms with van der Waals surface area (Å²) in [6.07, 6.45) is 21.7. The van der Waals surface area contributed by atoms with Crippen molar-refractivity contribution in [3.63, 3.8) is 0 Å². The molecule has 2 aliphatic rings.